The highest BCUT2D eigenvalue weighted by Gasteiger charge is 2.22. The quantitative estimate of drug-likeness (QED) is 0.847. The summed E-state index contributed by atoms with van der Waals surface area (Å²) in [7, 11) is 1.68. The number of carbonyl (C=O) groups excluding carboxylic acids is 1. The van der Waals surface area contributed by atoms with Crippen LogP contribution in [0.3, 0.4) is 0 Å². The van der Waals surface area contributed by atoms with Gasteiger partial charge in [-0.1, -0.05) is 12.1 Å². The number of amides is 1. The van der Waals surface area contributed by atoms with Gasteiger partial charge in [0.1, 0.15) is 0 Å². The van der Waals surface area contributed by atoms with Gasteiger partial charge in [-0.05, 0) is 30.7 Å². The number of pyridine rings is 1. The maximum Gasteiger partial charge on any atom is 0.254 e. The van der Waals surface area contributed by atoms with Gasteiger partial charge in [-0.15, -0.1) is 0 Å². The Morgan fingerprint density at radius 3 is 2.43 bits per heavy atom. The number of piperazine rings is 1. The summed E-state index contributed by atoms with van der Waals surface area (Å²) in [5.74, 6) is -0.0633. The maximum absolute atomic E-state index is 12.5. The molecule has 3 rings (SSSR count). The van der Waals surface area contributed by atoms with E-state index < -0.39 is 0 Å². The molecule has 2 aromatic rings. The summed E-state index contributed by atoms with van der Waals surface area (Å²) in [6, 6.07) is 11.5. The van der Waals surface area contributed by atoms with Crippen LogP contribution in [-0.4, -0.2) is 41.6 Å². The molecule has 0 bridgehead atoms. The Bertz CT molecular complexity index is 774. The number of hydrogen-bond donors (Lipinski definition) is 0. The fourth-order valence-corrected chi connectivity index (χ4v) is 2.86. The molecule has 5 nitrogen and oxygen atoms in total. The Hall–Kier alpha value is -2.56. The van der Waals surface area contributed by atoms with Crippen molar-refractivity contribution in [2.75, 3.05) is 31.1 Å². The van der Waals surface area contributed by atoms with Gasteiger partial charge in [0, 0.05) is 56.7 Å². The molecule has 0 saturated carbocycles. The molecule has 2 heterocycles. The average molecular weight is 311 g/mol. The molecule has 1 aliphatic heterocycles. The third-order valence-electron chi connectivity index (χ3n) is 4.28. The Kier molecular flexibility index (Phi) is 4.19. The highest BCUT2D eigenvalue weighted by molar-refractivity contribution is 5.94. The van der Waals surface area contributed by atoms with E-state index in [0.717, 1.165) is 13.1 Å². The minimum atomic E-state index is -0.158. The Morgan fingerprint density at radius 1 is 1.04 bits per heavy atom. The summed E-state index contributed by atoms with van der Waals surface area (Å²) < 4.78 is 1.46. The van der Waals surface area contributed by atoms with E-state index in [0.29, 0.717) is 18.7 Å². The first-order chi connectivity index (χ1) is 11.0. The van der Waals surface area contributed by atoms with Gasteiger partial charge in [-0.3, -0.25) is 9.59 Å². The molecule has 1 saturated heterocycles. The molecule has 120 valence electrons. The Labute approximate surface area is 135 Å². The number of benzene rings is 1. The van der Waals surface area contributed by atoms with E-state index >= 15 is 0 Å². The topological polar surface area (TPSA) is 45.5 Å². The van der Waals surface area contributed by atoms with Crippen LogP contribution in [0, 0.1) is 6.92 Å². The molecule has 0 unspecified atom stereocenters. The van der Waals surface area contributed by atoms with Crippen molar-refractivity contribution in [3.8, 4) is 0 Å². The number of rotatable bonds is 2. The fraction of sp³-hybridized carbons (Fsp3) is 0.333. The second-order valence-corrected chi connectivity index (χ2v) is 5.98. The van der Waals surface area contributed by atoms with Gasteiger partial charge in [-0.25, -0.2) is 0 Å². The van der Waals surface area contributed by atoms with Gasteiger partial charge in [0.05, 0.1) is 0 Å². The zero-order valence-electron chi connectivity index (χ0n) is 13.5. The van der Waals surface area contributed by atoms with Gasteiger partial charge >= 0.3 is 0 Å². The summed E-state index contributed by atoms with van der Waals surface area (Å²) >= 11 is 0. The van der Waals surface area contributed by atoms with Crippen molar-refractivity contribution < 1.29 is 4.79 Å². The lowest BCUT2D eigenvalue weighted by molar-refractivity contribution is 0.0746. The zero-order valence-corrected chi connectivity index (χ0v) is 13.5. The van der Waals surface area contributed by atoms with Crippen molar-refractivity contribution in [2.24, 2.45) is 7.05 Å². The van der Waals surface area contributed by atoms with E-state index in [1.165, 1.54) is 21.9 Å². The van der Waals surface area contributed by atoms with Gasteiger partial charge in [0.25, 0.3) is 11.5 Å². The van der Waals surface area contributed by atoms with Crippen molar-refractivity contribution in [2.45, 2.75) is 6.92 Å². The van der Waals surface area contributed by atoms with Crippen LogP contribution in [0.1, 0.15) is 15.9 Å². The highest BCUT2D eigenvalue weighted by Crippen LogP contribution is 2.18. The van der Waals surface area contributed by atoms with E-state index in [1.807, 2.05) is 4.90 Å². The first-order valence-corrected chi connectivity index (χ1v) is 7.82. The molecule has 0 atom stereocenters. The van der Waals surface area contributed by atoms with Crippen molar-refractivity contribution in [1.29, 1.82) is 0 Å². The monoisotopic (exact) mass is 311 g/mol. The second kappa shape index (κ2) is 6.28. The van der Waals surface area contributed by atoms with E-state index in [2.05, 4.69) is 36.1 Å². The van der Waals surface area contributed by atoms with Crippen LogP contribution in [0.4, 0.5) is 5.69 Å². The number of aromatic nitrogens is 1. The van der Waals surface area contributed by atoms with Crippen LogP contribution in [0.25, 0.3) is 0 Å². The molecule has 1 amide bonds. The predicted octanol–water partition coefficient (Wildman–Crippen LogP) is 1.66. The number of carbonyl (C=O) groups is 1. The third kappa shape index (κ3) is 3.28. The molecule has 0 N–H and O–H groups in total. The molecular formula is C18H21N3O2. The van der Waals surface area contributed by atoms with Crippen molar-refractivity contribution in [3.05, 3.63) is 64.1 Å². The number of anilines is 1. The van der Waals surface area contributed by atoms with Gasteiger partial charge in [0.15, 0.2) is 0 Å². The standard InChI is InChI=1S/C18H21N3O2/c1-14-4-3-5-16(12-14)20-8-10-21(11-9-20)18(23)15-6-7-19(2)17(22)13-15/h3-7,12-13H,8-11H2,1-2H3. The first-order valence-electron chi connectivity index (χ1n) is 7.82. The molecule has 1 fully saturated rings. The normalized spacial score (nSPS) is 14.9. The van der Waals surface area contributed by atoms with Crippen LogP contribution in [0.15, 0.2) is 47.4 Å². The van der Waals surface area contributed by atoms with Gasteiger partial charge in [-0.2, -0.15) is 0 Å². The molecule has 23 heavy (non-hydrogen) atoms. The van der Waals surface area contributed by atoms with Crippen LogP contribution in [0.5, 0.6) is 0 Å². The second-order valence-electron chi connectivity index (χ2n) is 5.98. The lowest BCUT2D eigenvalue weighted by Crippen LogP contribution is -2.49. The molecule has 1 aromatic carbocycles. The highest BCUT2D eigenvalue weighted by atomic mass is 16.2. The molecule has 0 spiro atoms. The fourth-order valence-electron chi connectivity index (χ4n) is 2.86. The smallest absolute Gasteiger partial charge is 0.254 e. The van der Waals surface area contributed by atoms with Gasteiger partial charge < -0.3 is 14.4 Å². The molecule has 0 radical (unpaired) electrons. The predicted molar refractivity (Wildman–Crippen MR) is 91.0 cm³/mol. The van der Waals surface area contributed by atoms with E-state index in [1.54, 1.807) is 19.3 Å². The van der Waals surface area contributed by atoms with E-state index in [4.69, 9.17) is 0 Å². The summed E-state index contributed by atoms with van der Waals surface area (Å²) in [6.07, 6.45) is 1.64. The molecule has 1 aromatic heterocycles. The lowest BCUT2D eigenvalue weighted by atomic mass is 10.1. The molecule has 0 aliphatic carbocycles. The summed E-state index contributed by atoms with van der Waals surface area (Å²) in [5, 5.41) is 0. The van der Waals surface area contributed by atoms with E-state index in [-0.39, 0.29) is 11.5 Å². The Balaban J connectivity index is 1.67. The van der Waals surface area contributed by atoms with Crippen molar-refractivity contribution in [1.82, 2.24) is 9.47 Å². The lowest BCUT2D eigenvalue weighted by Gasteiger charge is -2.36. The number of aryl methyl sites for hydroxylation is 2. The van der Waals surface area contributed by atoms with Crippen LogP contribution >= 0.6 is 0 Å². The summed E-state index contributed by atoms with van der Waals surface area (Å²) in [4.78, 5) is 28.3. The number of nitrogens with zero attached hydrogens (tertiary/aromatic N) is 3. The summed E-state index contributed by atoms with van der Waals surface area (Å²) in [6.45, 7) is 5.03. The zero-order chi connectivity index (χ0) is 16.4. The SMILES string of the molecule is Cc1cccc(N2CCN(C(=O)c3ccn(C)c(=O)c3)CC2)c1. The van der Waals surface area contributed by atoms with E-state index in [9.17, 15) is 9.59 Å². The minimum absolute atomic E-state index is 0.0633. The van der Waals surface area contributed by atoms with Crippen molar-refractivity contribution >= 4 is 11.6 Å². The minimum Gasteiger partial charge on any atom is -0.368 e. The first kappa shape index (κ1) is 15.3. The largest absolute Gasteiger partial charge is 0.368 e. The molecule has 5 heteroatoms. The average Bonchev–Trinajstić information content (AvgIpc) is 2.57. The van der Waals surface area contributed by atoms with Crippen LogP contribution in [-0.2, 0) is 7.05 Å². The maximum atomic E-state index is 12.5. The van der Waals surface area contributed by atoms with Crippen molar-refractivity contribution in [3.63, 3.8) is 0 Å². The Morgan fingerprint density at radius 2 is 1.78 bits per heavy atom. The summed E-state index contributed by atoms with van der Waals surface area (Å²) in [5.41, 5.74) is 2.75. The molecular weight excluding hydrogens is 290 g/mol. The van der Waals surface area contributed by atoms with Gasteiger partial charge in [0.2, 0.25) is 0 Å². The third-order valence-corrected chi connectivity index (χ3v) is 4.28. The van der Waals surface area contributed by atoms with Crippen LogP contribution in [0.2, 0.25) is 0 Å². The number of hydrogen-bond acceptors (Lipinski definition) is 3. The van der Waals surface area contributed by atoms with Crippen LogP contribution < -0.4 is 10.5 Å². The molecule has 1 aliphatic rings.